The number of aromatic nitrogens is 4. The van der Waals surface area contributed by atoms with Crippen LogP contribution < -0.4 is 0 Å². The third kappa shape index (κ3) is 5.52. The van der Waals surface area contributed by atoms with Gasteiger partial charge in [0.1, 0.15) is 5.65 Å². The number of hydrogen-bond acceptors (Lipinski definition) is 5. The molecule has 1 aliphatic rings. The van der Waals surface area contributed by atoms with Crippen molar-refractivity contribution in [2.45, 2.75) is 39.7 Å². The van der Waals surface area contributed by atoms with Gasteiger partial charge >= 0.3 is 5.97 Å². The molecule has 0 radical (unpaired) electrons. The van der Waals surface area contributed by atoms with Crippen LogP contribution in [0.2, 0.25) is 10.0 Å². The Morgan fingerprint density at radius 2 is 1.84 bits per heavy atom. The van der Waals surface area contributed by atoms with E-state index in [1.807, 2.05) is 50.2 Å². The lowest BCUT2D eigenvalue weighted by Crippen LogP contribution is -2.39. The molecule has 3 aromatic heterocycles. The van der Waals surface area contributed by atoms with Gasteiger partial charge in [0.2, 0.25) is 0 Å². The van der Waals surface area contributed by atoms with Crippen molar-refractivity contribution in [1.82, 2.24) is 24.8 Å². The van der Waals surface area contributed by atoms with Gasteiger partial charge in [0.05, 0.1) is 38.8 Å². The molecule has 1 fully saturated rings. The fraction of sp³-hybridized carbons (Fsp3) is 0.321. The molecule has 0 spiro atoms. The van der Waals surface area contributed by atoms with Gasteiger partial charge in [-0.3, -0.25) is 4.68 Å². The molecule has 4 aromatic rings. The average molecular weight is 536 g/mol. The van der Waals surface area contributed by atoms with Crippen molar-refractivity contribution in [3.8, 4) is 23.0 Å². The predicted octanol–water partition coefficient (Wildman–Crippen LogP) is 6.27. The van der Waals surface area contributed by atoms with Gasteiger partial charge in [0.15, 0.2) is 0 Å². The van der Waals surface area contributed by atoms with Crippen LogP contribution in [-0.4, -0.2) is 43.9 Å². The van der Waals surface area contributed by atoms with Crippen LogP contribution >= 0.6 is 23.2 Å². The number of carbonyl (C=O) groups is 1. The molecule has 4 heterocycles. The van der Waals surface area contributed by atoms with E-state index in [0.29, 0.717) is 28.7 Å². The first-order valence-electron chi connectivity index (χ1n) is 12.1. The van der Waals surface area contributed by atoms with Crippen molar-refractivity contribution in [2.24, 2.45) is 5.41 Å². The molecule has 1 aliphatic heterocycles. The number of H-pyrrole nitrogens is 1. The number of nitrogens with zero attached hydrogens (tertiary/aromatic N) is 4. The van der Waals surface area contributed by atoms with Gasteiger partial charge < -0.3 is 9.82 Å². The fourth-order valence-electron chi connectivity index (χ4n) is 4.15. The first-order chi connectivity index (χ1) is 17.7. The molecule has 1 N–H and O–H groups in total. The Labute approximate surface area is 225 Å². The van der Waals surface area contributed by atoms with Crippen molar-refractivity contribution in [2.75, 3.05) is 13.1 Å². The normalized spacial score (nSPS) is 14.9. The highest BCUT2D eigenvalue weighted by Gasteiger charge is 2.29. The van der Waals surface area contributed by atoms with Crippen molar-refractivity contribution in [3.05, 3.63) is 70.2 Å². The lowest BCUT2D eigenvalue weighted by molar-refractivity contribution is -0.205. The minimum atomic E-state index is -0.518. The van der Waals surface area contributed by atoms with Crippen molar-refractivity contribution in [1.29, 1.82) is 0 Å². The number of aromatic amines is 1. The van der Waals surface area contributed by atoms with Gasteiger partial charge in [-0.05, 0) is 51.8 Å². The number of hydrogen-bond donors (Lipinski definition) is 1. The summed E-state index contributed by atoms with van der Waals surface area (Å²) in [4.78, 5) is 25.5. The van der Waals surface area contributed by atoms with Gasteiger partial charge in [-0.2, -0.15) is 5.10 Å². The summed E-state index contributed by atoms with van der Waals surface area (Å²) in [5.41, 5.74) is 3.58. The predicted molar refractivity (Wildman–Crippen MR) is 145 cm³/mol. The van der Waals surface area contributed by atoms with Gasteiger partial charge in [-0.1, -0.05) is 41.1 Å². The molecule has 190 valence electrons. The van der Waals surface area contributed by atoms with E-state index in [0.717, 1.165) is 40.6 Å². The number of piperidine rings is 1. The first kappa shape index (κ1) is 25.3. The van der Waals surface area contributed by atoms with Crippen LogP contribution in [0.1, 0.15) is 50.8 Å². The second-order valence-electron chi connectivity index (χ2n) is 10.2. The molecule has 7 nitrogen and oxygen atoms in total. The van der Waals surface area contributed by atoms with Gasteiger partial charge in [0.25, 0.3) is 0 Å². The van der Waals surface area contributed by atoms with E-state index in [9.17, 15) is 4.79 Å². The summed E-state index contributed by atoms with van der Waals surface area (Å²) >= 11 is 12.5. The lowest BCUT2D eigenvalue weighted by atomic mass is 9.98. The number of halogens is 2. The summed E-state index contributed by atoms with van der Waals surface area (Å²) in [5.74, 6) is 6.06. The number of rotatable bonds is 3. The summed E-state index contributed by atoms with van der Waals surface area (Å²) in [6.07, 6.45) is 9.26. The van der Waals surface area contributed by atoms with E-state index in [4.69, 9.17) is 28.0 Å². The number of carbonyl (C=O) groups excluding carboxylic acids is 1. The topological polar surface area (TPSA) is 76.0 Å². The lowest BCUT2D eigenvalue weighted by Gasteiger charge is -2.32. The van der Waals surface area contributed by atoms with E-state index >= 15 is 0 Å². The Morgan fingerprint density at radius 3 is 2.54 bits per heavy atom. The van der Waals surface area contributed by atoms with Crippen LogP contribution in [0.4, 0.5) is 0 Å². The fourth-order valence-corrected chi connectivity index (χ4v) is 4.64. The van der Waals surface area contributed by atoms with Crippen LogP contribution in [0.25, 0.3) is 22.2 Å². The van der Waals surface area contributed by atoms with E-state index in [1.54, 1.807) is 23.3 Å². The van der Waals surface area contributed by atoms with Crippen LogP contribution in [-0.2, 0) is 9.63 Å². The van der Waals surface area contributed by atoms with Gasteiger partial charge in [-0.25, -0.2) is 9.78 Å². The minimum absolute atomic E-state index is 0.209. The third-order valence-corrected chi connectivity index (χ3v) is 7.00. The summed E-state index contributed by atoms with van der Waals surface area (Å²) in [7, 11) is 0. The van der Waals surface area contributed by atoms with Crippen molar-refractivity contribution >= 4 is 40.2 Å². The molecule has 0 aliphatic carbocycles. The number of fused-ring (bicyclic) bond motifs is 1. The Bertz CT molecular complexity index is 1490. The molecule has 5 rings (SSSR count). The highest BCUT2D eigenvalue weighted by Crippen LogP contribution is 2.29. The Morgan fingerprint density at radius 1 is 1.11 bits per heavy atom. The second-order valence-corrected chi connectivity index (χ2v) is 11.0. The van der Waals surface area contributed by atoms with E-state index < -0.39 is 5.41 Å². The Kier molecular flexibility index (Phi) is 7.00. The number of nitrogens with one attached hydrogen (secondary N) is 1. The molecule has 0 atom stereocenters. The van der Waals surface area contributed by atoms with E-state index in [1.165, 1.54) is 0 Å². The Hall–Kier alpha value is -3.31. The molecule has 1 aromatic carbocycles. The summed E-state index contributed by atoms with van der Waals surface area (Å²) in [6, 6.07) is 7.64. The van der Waals surface area contributed by atoms with E-state index in [2.05, 4.69) is 33.0 Å². The molecule has 0 unspecified atom stereocenters. The molecular formula is C28H27Cl2N5O2. The van der Waals surface area contributed by atoms with Crippen LogP contribution in [0.15, 0.2) is 49.1 Å². The van der Waals surface area contributed by atoms with Gasteiger partial charge in [0, 0.05) is 48.2 Å². The smallest absolute Gasteiger partial charge is 0.330 e. The first-order valence-corrected chi connectivity index (χ1v) is 12.9. The molecule has 0 saturated carbocycles. The molecule has 37 heavy (non-hydrogen) atoms. The van der Waals surface area contributed by atoms with Crippen LogP contribution in [0.5, 0.6) is 0 Å². The maximum absolute atomic E-state index is 12.2. The highest BCUT2D eigenvalue weighted by molar-refractivity contribution is 6.36. The maximum atomic E-state index is 12.2. The van der Waals surface area contributed by atoms with Crippen LogP contribution in [0.3, 0.4) is 0 Å². The van der Waals surface area contributed by atoms with Crippen LogP contribution in [0, 0.1) is 17.3 Å². The zero-order chi connectivity index (χ0) is 26.2. The largest absolute Gasteiger partial charge is 0.367 e. The molecule has 9 heteroatoms. The maximum Gasteiger partial charge on any atom is 0.330 e. The average Bonchev–Trinajstić information content (AvgIpc) is 3.51. The quantitative estimate of drug-likeness (QED) is 0.312. The SMILES string of the molecule is CC(C)(C)C(=O)ON1CCC(n2cc(-c3cnc4[nH]cc(C#Cc5c(Cl)cccc5Cl)c4c3)cn2)CC1. The minimum Gasteiger partial charge on any atom is -0.367 e. The number of benzene rings is 1. The zero-order valence-corrected chi connectivity index (χ0v) is 22.4. The second kappa shape index (κ2) is 10.2. The molecule has 0 amide bonds. The zero-order valence-electron chi connectivity index (χ0n) is 20.9. The molecule has 1 saturated heterocycles. The molecule has 0 bridgehead atoms. The summed E-state index contributed by atoms with van der Waals surface area (Å²) < 4.78 is 2.00. The monoisotopic (exact) mass is 535 g/mol. The Balaban J connectivity index is 1.32. The van der Waals surface area contributed by atoms with Crippen molar-refractivity contribution in [3.63, 3.8) is 0 Å². The summed E-state index contributed by atoms with van der Waals surface area (Å²) in [5, 5.41) is 8.33. The highest BCUT2D eigenvalue weighted by atomic mass is 35.5. The van der Waals surface area contributed by atoms with Crippen molar-refractivity contribution < 1.29 is 9.63 Å². The summed E-state index contributed by atoms with van der Waals surface area (Å²) in [6.45, 7) is 6.93. The number of hydroxylamine groups is 2. The third-order valence-electron chi connectivity index (χ3n) is 6.37. The van der Waals surface area contributed by atoms with E-state index in [-0.39, 0.29) is 12.0 Å². The van der Waals surface area contributed by atoms with Gasteiger partial charge in [-0.15, -0.1) is 5.06 Å². The molecular weight excluding hydrogens is 509 g/mol. The standard InChI is InChI=1S/C28H27Cl2N5O2/c1-28(2,3)27(36)37-34-11-9-21(10-12-34)35-17-20(16-33-35)19-13-23-18(14-31-26(23)32-15-19)7-8-22-24(29)5-4-6-25(22)30/h4-6,13-17,21H,9-12H2,1-3H3,(H,31,32). The number of pyridine rings is 1.